The molecule has 0 amide bonds. The third-order valence-electron chi connectivity index (χ3n) is 3.58. The van der Waals surface area contributed by atoms with E-state index < -0.39 is 5.00 Å². The third-order valence-corrected chi connectivity index (χ3v) is 4.66. The zero-order chi connectivity index (χ0) is 10.5. The Labute approximate surface area is 99.1 Å². The molecule has 2 saturated heterocycles. The minimum Gasteiger partial charge on any atom is -0.312 e. The van der Waals surface area contributed by atoms with Crippen molar-refractivity contribution in [2.24, 2.45) is 10.9 Å². The molecule has 0 saturated carbocycles. The summed E-state index contributed by atoms with van der Waals surface area (Å²) in [6.07, 6.45) is 4.45. The van der Waals surface area contributed by atoms with Gasteiger partial charge in [0.2, 0.25) is 0 Å². The van der Waals surface area contributed by atoms with Crippen LogP contribution in [0.2, 0.25) is 0 Å². The highest BCUT2D eigenvalue weighted by Crippen LogP contribution is 2.37. The summed E-state index contributed by atoms with van der Waals surface area (Å²) in [5.41, 5.74) is 0. The van der Waals surface area contributed by atoms with Crippen LogP contribution in [0.4, 0.5) is 0 Å². The molecule has 1 unspecified atom stereocenters. The number of alkyl halides is 1. The van der Waals surface area contributed by atoms with Crippen molar-refractivity contribution in [2.75, 3.05) is 19.6 Å². The first-order valence-electron chi connectivity index (χ1n) is 5.26. The Morgan fingerprint density at radius 2 is 2.40 bits per heavy atom. The SMILES string of the molecule is ClC1=NC=CCC1(Cl)N1C[C@@H]2CN[C@@H]2C1. The summed E-state index contributed by atoms with van der Waals surface area (Å²) in [5.74, 6) is 0.746. The Bertz CT molecular complexity index is 330. The number of aliphatic imine (C=N–C) groups is 1. The first-order chi connectivity index (χ1) is 7.20. The summed E-state index contributed by atoms with van der Waals surface area (Å²) >= 11 is 12.7. The molecule has 3 nitrogen and oxygen atoms in total. The van der Waals surface area contributed by atoms with Crippen molar-refractivity contribution in [3.8, 4) is 0 Å². The molecule has 15 heavy (non-hydrogen) atoms. The molecule has 5 heteroatoms. The molecule has 82 valence electrons. The van der Waals surface area contributed by atoms with Crippen molar-refractivity contribution >= 4 is 28.4 Å². The lowest BCUT2D eigenvalue weighted by Crippen LogP contribution is -2.52. The van der Waals surface area contributed by atoms with Crippen LogP contribution in [0.5, 0.6) is 0 Å². The van der Waals surface area contributed by atoms with Crippen LogP contribution in [0, 0.1) is 5.92 Å². The predicted octanol–water partition coefficient (Wildman–Crippen LogP) is 1.38. The highest BCUT2D eigenvalue weighted by Gasteiger charge is 2.48. The standard InChI is InChI=1S/C10H13Cl2N3/c11-9-10(12,2-1-3-13-9)15-5-7-4-14-8(7)6-15/h1,3,7-8,14H,2,4-6H2/t7-,8+,10?/m0/s1. The van der Waals surface area contributed by atoms with Crippen LogP contribution in [-0.2, 0) is 0 Å². The predicted molar refractivity (Wildman–Crippen MR) is 62.5 cm³/mol. The number of likely N-dealkylation sites (tertiary alicyclic amines) is 1. The van der Waals surface area contributed by atoms with Gasteiger partial charge in [-0.2, -0.15) is 0 Å². The van der Waals surface area contributed by atoms with Gasteiger partial charge < -0.3 is 5.32 Å². The summed E-state index contributed by atoms with van der Waals surface area (Å²) in [7, 11) is 0. The molecule has 0 bridgehead atoms. The maximum absolute atomic E-state index is 6.57. The van der Waals surface area contributed by atoms with Gasteiger partial charge in [-0.25, -0.2) is 4.99 Å². The second-order valence-electron chi connectivity index (χ2n) is 4.45. The molecular weight excluding hydrogens is 233 g/mol. The van der Waals surface area contributed by atoms with Crippen molar-refractivity contribution in [1.82, 2.24) is 10.2 Å². The fourth-order valence-electron chi connectivity index (χ4n) is 2.51. The number of rotatable bonds is 1. The average Bonchev–Trinajstić information content (AvgIpc) is 2.48. The van der Waals surface area contributed by atoms with E-state index in [1.54, 1.807) is 6.20 Å². The van der Waals surface area contributed by atoms with Gasteiger partial charge in [-0.15, -0.1) is 0 Å². The van der Waals surface area contributed by atoms with E-state index in [1.807, 2.05) is 6.08 Å². The van der Waals surface area contributed by atoms with Crippen LogP contribution in [0.15, 0.2) is 17.3 Å². The number of hydrogen-bond donors (Lipinski definition) is 1. The van der Waals surface area contributed by atoms with Crippen LogP contribution in [0.1, 0.15) is 6.42 Å². The van der Waals surface area contributed by atoms with E-state index in [0.717, 1.165) is 32.0 Å². The lowest BCUT2D eigenvalue weighted by molar-refractivity contribution is 0.259. The molecule has 3 aliphatic heterocycles. The van der Waals surface area contributed by atoms with Gasteiger partial charge in [-0.1, -0.05) is 29.3 Å². The van der Waals surface area contributed by atoms with E-state index in [2.05, 4.69) is 15.2 Å². The van der Waals surface area contributed by atoms with Gasteiger partial charge in [0, 0.05) is 44.2 Å². The van der Waals surface area contributed by atoms with Gasteiger partial charge in [-0.05, 0) is 0 Å². The van der Waals surface area contributed by atoms with Crippen molar-refractivity contribution in [3.63, 3.8) is 0 Å². The van der Waals surface area contributed by atoms with Crippen LogP contribution >= 0.6 is 23.2 Å². The van der Waals surface area contributed by atoms with E-state index >= 15 is 0 Å². The normalized spacial score (nSPS) is 44.8. The van der Waals surface area contributed by atoms with Crippen LogP contribution in [-0.4, -0.2) is 40.7 Å². The van der Waals surface area contributed by atoms with Crippen LogP contribution < -0.4 is 5.32 Å². The van der Waals surface area contributed by atoms with Gasteiger partial charge in [0.25, 0.3) is 0 Å². The topological polar surface area (TPSA) is 27.6 Å². The molecule has 0 aromatic carbocycles. The fourth-order valence-corrected chi connectivity index (χ4v) is 3.04. The molecule has 0 aromatic heterocycles. The fraction of sp³-hybridized carbons (Fsp3) is 0.700. The van der Waals surface area contributed by atoms with Crippen molar-refractivity contribution in [1.29, 1.82) is 0 Å². The van der Waals surface area contributed by atoms with E-state index in [1.165, 1.54) is 0 Å². The molecule has 0 radical (unpaired) electrons. The van der Waals surface area contributed by atoms with E-state index in [-0.39, 0.29) is 0 Å². The maximum atomic E-state index is 6.57. The Balaban J connectivity index is 1.81. The molecular formula is C10H13Cl2N3. The minimum absolute atomic E-state index is 0.507. The molecule has 0 aliphatic carbocycles. The van der Waals surface area contributed by atoms with Crippen molar-refractivity contribution in [2.45, 2.75) is 17.5 Å². The first-order valence-corrected chi connectivity index (χ1v) is 6.02. The quantitative estimate of drug-likeness (QED) is 0.559. The summed E-state index contributed by atoms with van der Waals surface area (Å²) in [6.45, 7) is 3.12. The molecule has 3 aliphatic rings. The van der Waals surface area contributed by atoms with Gasteiger partial charge in [0.1, 0.15) is 5.17 Å². The van der Waals surface area contributed by atoms with Crippen molar-refractivity contribution < 1.29 is 0 Å². The number of hydrogen-bond acceptors (Lipinski definition) is 3. The number of fused-ring (bicyclic) bond motifs is 1. The summed E-state index contributed by atoms with van der Waals surface area (Å²) in [5, 5.41) is 3.91. The average molecular weight is 246 g/mol. The summed E-state index contributed by atoms with van der Waals surface area (Å²) in [4.78, 5) is 5.77. The molecule has 3 rings (SSSR count). The molecule has 3 atom stereocenters. The van der Waals surface area contributed by atoms with Gasteiger partial charge in [-0.3, -0.25) is 4.90 Å². The Morgan fingerprint density at radius 3 is 2.93 bits per heavy atom. The van der Waals surface area contributed by atoms with Gasteiger partial charge >= 0.3 is 0 Å². The Kier molecular flexibility index (Phi) is 2.32. The molecule has 2 fully saturated rings. The van der Waals surface area contributed by atoms with E-state index in [4.69, 9.17) is 23.2 Å². The summed E-state index contributed by atoms with van der Waals surface area (Å²) < 4.78 is 0. The first kappa shape index (κ1) is 10.1. The number of halogens is 2. The van der Waals surface area contributed by atoms with E-state index in [0.29, 0.717) is 11.2 Å². The summed E-state index contributed by atoms with van der Waals surface area (Å²) in [6, 6.07) is 0.607. The van der Waals surface area contributed by atoms with Gasteiger partial charge in [0.05, 0.1) is 0 Å². The monoisotopic (exact) mass is 245 g/mol. The lowest BCUT2D eigenvalue weighted by atomic mass is 9.96. The second-order valence-corrected chi connectivity index (χ2v) is 5.43. The van der Waals surface area contributed by atoms with E-state index in [9.17, 15) is 0 Å². The van der Waals surface area contributed by atoms with Crippen molar-refractivity contribution in [3.05, 3.63) is 12.3 Å². The molecule has 1 N–H and O–H groups in total. The smallest absolute Gasteiger partial charge is 0.153 e. The molecule has 0 spiro atoms. The molecule has 3 heterocycles. The minimum atomic E-state index is -0.588. The molecule has 0 aromatic rings. The van der Waals surface area contributed by atoms with Gasteiger partial charge in [0.15, 0.2) is 5.00 Å². The van der Waals surface area contributed by atoms with Crippen LogP contribution in [0.25, 0.3) is 0 Å². The Morgan fingerprint density at radius 1 is 1.53 bits per heavy atom. The second kappa shape index (κ2) is 3.45. The maximum Gasteiger partial charge on any atom is 0.153 e. The largest absolute Gasteiger partial charge is 0.312 e. The zero-order valence-corrected chi connectivity index (χ0v) is 9.80. The highest BCUT2D eigenvalue weighted by atomic mass is 35.5. The third kappa shape index (κ3) is 1.45. The Hall–Kier alpha value is -0.0900. The number of nitrogens with one attached hydrogen (secondary N) is 1. The lowest BCUT2D eigenvalue weighted by Gasteiger charge is -2.35. The zero-order valence-electron chi connectivity index (χ0n) is 8.29. The number of nitrogens with zero attached hydrogens (tertiary/aromatic N) is 2. The highest BCUT2D eigenvalue weighted by molar-refractivity contribution is 6.72. The van der Waals surface area contributed by atoms with Crippen LogP contribution in [0.3, 0.4) is 0 Å².